The van der Waals surface area contributed by atoms with E-state index in [1.165, 1.54) is 57.8 Å². The molecule has 0 amide bonds. The molecule has 0 aromatic rings. The molecule has 0 aromatic carbocycles. The molecule has 0 atom stereocenters. The van der Waals surface area contributed by atoms with Crippen LogP contribution in [0.1, 0.15) is 77.6 Å². The normalized spacial score (nSPS) is 10.8. The zero-order chi connectivity index (χ0) is 13.5. The van der Waals surface area contributed by atoms with Crippen LogP contribution in [0.4, 0.5) is 0 Å². The summed E-state index contributed by atoms with van der Waals surface area (Å²) in [7, 11) is 0. The fourth-order valence-corrected chi connectivity index (χ4v) is 3.09. The van der Waals surface area contributed by atoms with Gasteiger partial charge in [-0.2, -0.15) is 0 Å². The molecule has 0 saturated heterocycles. The van der Waals surface area contributed by atoms with E-state index in [0.717, 1.165) is 22.8 Å². The molecule has 0 rings (SSSR count). The van der Waals surface area contributed by atoms with Crippen LogP contribution in [0.3, 0.4) is 0 Å². The summed E-state index contributed by atoms with van der Waals surface area (Å²) in [5, 5.41) is 8.67. The predicted molar refractivity (Wildman–Crippen MR) is 88.6 cm³/mol. The third-order valence-corrected chi connectivity index (χ3v) is 4.63. The van der Waals surface area contributed by atoms with Gasteiger partial charge in [0.05, 0.1) is 0 Å². The lowest BCUT2D eigenvalue weighted by molar-refractivity contribution is 0.296. The number of hydrogen-bond donors (Lipinski definition) is 1. The van der Waals surface area contributed by atoms with Crippen LogP contribution >= 0.6 is 24.0 Å². The highest BCUT2D eigenvalue weighted by Gasteiger charge is 1.98. The van der Waals surface area contributed by atoms with E-state index >= 15 is 0 Å². The third kappa shape index (κ3) is 14.5. The lowest BCUT2D eigenvalue weighted by Crippen LogP contribution is -1.93. The van der Waals surface area contributed by atoms with Crippen molar-refractivity contribution in [2.75, 3.05) is 12.4 Å². The molecule has 0 saturated carbocycles. The van der Waals surface area contributed by atoms with E-state index in [-0.39, 0.29) is 6.61 Å². The van der Waals surface area contributed by atoms with Crippen molar-refractivity contribution in [1.82, 2.24) is 0 Å². The summed E-state index contributed by atoms with van der Waals surface area (Å²) in [4.78, 5) is 0. The Balaban J connectivity index is 3.08. The molecule has 0 aliphatic carbocycles. The molecular formula is C15H30OS2. The van der Waals surface area contributed by atoms with E-state index in [0.29, 0.717) is 0 Å². The number of hydrogen-bond acceptors (Lipinski definition) is 3. The largest absolute Gasteiger partial charge is 0.396 e. The first-order valence-corrected chi connectivity index (χ1v) is 8.97. The Morgan fingerprint density at radius 1 is 0.889 bits per heavy atom. The Bertz CT molecular complexity index is 183. The van der Waals surface area contributed by atoms with E-state index in [1.54, 1.807) is 11.8 Å². The van der Waals surface area contributed by atoms with E-state index in [2.05, 4.69) is 6.92 Å². The Labute approximate surface area is 123 Å². The summed E-state index contributed by atoms with van der Waals surface area (Å²) in [5.41, 5.74) is 0. The van der Waals surface area contributed by atoms with Crippen LogP contribution in [0.15, 0.2) is 0 Å². The number of rotatable bonds is 13. The molecule has 1 nitrogen and oxygen atoms in total. The fraction of sp³-hybridized carbons (Fsp3) is 0.933. The number of thiocarbonyl (C=S) groups is 1. The maximum Gasteiger partial charge on any atom is 0.0478 e. The van der Waals surface area contributed by atoms with Crippen LogP contribution in [0.2, 0.25) is 0 Å². The smallest absolute Gasteiger partial charge is 0.0478 e. The highest BCUT2D eigenvalue weighted by Crippen LogP contribution is 2.15. The SMILES string of the molecule is CCCCCCCCCCCC(=S)SCCCO. The molecule has 0 aliphatic heterocycles. The fourth-order valence-electron chi connectivity index (χ4n) is 1.90. The van der Waals surface area contributed by atoms with Crippen molar-refractivity contribution in [1.29, 1.82) is 0 Å². The Hall–Kier alpha value is 0.400. The summed E-state index contributed by atoms with van der Waals surface area (Å²) >= 11 is 7.05. The summed E-state index contributed by atoms with van der Waals surface area (Å²) in [6.07, 6.45) is 14.3. The molecule has 1 N–H and O–H groups in total. The first kappa shape index (κ1) is 18.4. The van der Waals surface area contributed by atoms with Crippen LogP contribution in [0, 0.1) is 0 Å². The Morgan fingerprint density at radius 2 is 1.44 bits per heavy atom. The Morgan fingerprint density at radius 3 is 2.00 bits per heavy atom. The number of aliphatic hydroxyl groups is 1. The minimum Gasteiger partial charge on any atom is -0.396 e. The first-order chi connectivity index (χ1) is 8.81. The van der Waals surface area contributed by atoms with Gasteiger partial charge in [0.1, 0.15) is 0 Å². The lowest BCUT2D eigenvalue weighted by Gasteiger charge is -2.03. The first-order valence-electron chi connectivity index (χ1n) is 7.57. The van der Waals surface area contributed by atoms with Gasteiger partial charge in [-0.25, -0.2) is 0 Å². The molecule has 0 aliphatic rings. The van der Waals surface area contributed by atoms with Crippen molar-refractivity contribution in [3.63, 3.8) is 0 Å². The summed E-state index contributed by atoms with van der Waals surface area (Å²) in [6, 6.07) is 0. The van der Waals surface area contributed by atoms with Gasteiger partial charge in [-0.05, 0) is 19.3 Å². The van der Waals surface area contributed by atoms with Crippen molar-refractivity contribution in [3.8, 4) is 0 Å². The van der Waals surface area contributed by atoms with Crippen LogP contribution in [0.5, 0.6) is 0 Å². The standard InChI is InChI=1S/C15H30OS2/c1-2-3-4-5-6-7-8-9-10-12-15(17)18-14-11-13-16/h16H,2-14H2,1H3. The number of unbranched alkanes of at least 4 members (excludes halogenated alkanes) is 8. The highest BCUT2D eigenvalue weighted by atomic mass is 32.2. The zero-order valence-corrected chi connectivity index (χ0v) is 13.6. The highest BCUT2D eigenvalue weighted by molar-refractivity contribution is 8.23. The van der Waals surface area contributed by atoms with E-state index in [1.807, 2.05) is 0 Å². The van der Waals surface area contributed by atoms with E-state index in [9.17, 15) is 0 Å². The molecule has 18 heavy (non-hydrogen) atoms. The van der Waals surface area contributed by atoms with Crippen molar-refractivity contribution in [3.05, 3.63) is 0 Å². The molecule has 108 valence electrons. The third-order valence-electron chi connectivity index (χ3n) is 3.05. The maximum atomic E-state index is 8.67. The van der Waals surface area contributed by atoms with Gasteiger partial charge >= 0.3 is 0 Å². The van der Waals surface area contributed by atoms with E-state index in [4.69, 9.17) is 17.3 Å². The molecular weight excluding hydrogens is 260 g/mol. The summed E-state index contributed by atoms with van der Waals surface area (Å²) in [6.45, 7) is 2.55. The number of aliphatic hydroxyl groups excluding tert-OH is 1. The van der Waals surface area contributed by atoms with Gasteiger partial charge in [-0.15, -0.1) is 11.8 Å². The second-order valence-corrected chi connectivity index (χ2v) is 6.82. The van der Waals surface area contributed by atoms with Crippen molar-refractivity contribution in [2.24, 2.45) is 0 Å². The van der Waals surface area contributed by atoms with Gasteiger partial charge in [0, 0.05) is 16.6 Å². The van der Waals surface area contributed by atoms with E-state index < -0.39 is 0 Å². The van der Waals surface area contributed by atoms with Gasteiger partial charge in [-0.1, -0.05) is 70.5 Å². The minimum absolute atomic E-state index is 0.285. The average Bonchev–Trinajstić information content (AvgIpc) is 2.37. The van der Waals surface area contributed by atoms with Crippen LogP contribution in [0.25, 0.3) is 0 Å². The summed E-state index contributed by atoms with van der Waals surface area (Å²) in [5.74, 6) is 0.979. The minimum atomic E-state index is 0.285. The van der Waals surface area contributed by atoms with Crippen LogP contribution < -0.4 is 0 Å². The molecule has 0 bridgehead atoms. The predicted octanol–water partition coefficient (Wildman–Crippen LogP) is 5.35. The van der Waals surface area contributed by atoms with Gasteiger partial charge < -0.3 is 5.11 Å². The molecule has 0 heterocycles. The maximum absolute atomic E-state index is 8.67. The molecule has 0 fully saturated rings. The topological polar surface area (TPSA) is 20.2 Å². The van der Waals surface area contributed by atoms with Gasteiger partial charge in [-0.3, -0.25) is 0 Å². The zero-order valence-electron chi connectivity index (χ0n) is 12.0. The summed E-state index contributed by atoms with van der Waals surface area (Å²) < 4.78 is 1.13. The van der Waals surface area contributed by atoms with Crippen molar-refractivity contribution < 1.29 is 5.11 Å². The van der Waals surface area contributed by atoms with Crippen LogP contribution in [-0.4, -0.2) is 21.7 Å². The Kier molecular flexibility index (Phi) is 15.8. The average molecular weight is 291 g/mol. The van der Waals surface area contributed by atoms with Gasteiger partial charge in [0.2, 0.25) is 0 Å². The second kappa shape index (κ2) is 15.5. The van der Waals surface area contributed by atoms with Gasteiger partial charge in [0.25, 0.3) is 0 Å². The van der Waals surface area contributed by atoms with Crippen molar-refractivity contribution in [2.45, 2.75) is 77.6 Å². The molecule has 3 heteroatoms. The molecule has 0 spiro atoms. The molecule has 0 aromatic heterocycles. The quantitative estimate of drug-likeness (QED) is 0.365. The second-order valence-electron chi connectivity index (χ2n) is 4.88. The van der Waals surface area contributed by atoms with Crippen LogP contribution in [-0.2, 0) is 0 Å². The molecule has 0 radical (unpaired) electrons. The number of thioether (sulfide) groups is 1. The molecule has 0 unspecified atom stereocenters. The van der Waals surface area contributed by atoms with Crippen molar-refractivity contribution >= 4 is 28.2 Å². The van der Waals surface area contributed by atoms with Gasteiger partial charge in [0.15, 0.2) is 0 Å². The monoisotopic (exact) mass is 290 g/mol. The lowest BCUT2D eigenvalue weighted by atomic mass is 10.1.